The summed E-state index contributed by atoms with van der Waals surface area (Å²) >= 11 is 0. The van der Waals surface area contributed by atoms with Gasteiger partial charge in [0, 0.05) is 5.57 Å². The lowest BCUT2D eigenvalue weighted by Crippen LogP contribution is -2.27. The molecule has 0 amide bonds. The monoisotopic (exact) mass is 270 g/mol. The lowest BCUT2D eigenvalue weighted by molar-refractivity contribution is -0.154. The van der Waals surface area contributed by atoms with Crippen LogP contribution in [0, 0.1) is 5.41 Å². The molecule has 19 heavy (non-hydrogen) atoms. The SMILES string of the molecule is C=C(C)C(=O)OCCCC(C)(C)C(=O)OCCCC. The minimum atomic E-state index is -0.538. The van der Waals surface area contributed by atoms with Crippen molar-refractivity contribution in [3.8, 4) is 0 Å². The summed E-state index contributed by atoms with van der Waals surface area (Å²) in [7, 11) is 0. The van der Waals surface area contributed by atoms with Crippen molar-refractivity contribution in [2.75, 3.05) is 13.2 Å². The molecular weight excluding hydrogens is 244 g/mol. The highest BCUT2D eigenvalue weighted by Crippen LogP contribution is 2.24. The third-order valence-electron chi connectivity index (χ3n) is 2.81. The zero-order valence-electron chi connectivity index (χ0n) is 12.6. The van der Waals surface area contributed by atoms with Gasteiger partial charge in [0.1, 0.15) is 0 Å². The third-order valence-corrected chi connectivity index (χ3v) is 2.81. The molecule has 0 aromatic heterocycles. The quantitative estimate of drug-likeness (QED) is 0.366. The first-order valence-electron chi connectivity index (χ1n) is 6.81. The maximum absolute atomic E-state index is 11.8. The maximum atomic E-state index is 11.8. The third kappa shape index (κ3) is 7.65. The van der Waals surface area contributed by atoms with Crippen LogP contribution in [0.5, 0.6) is 0 Å². The van der Waals surface area contributed by atoms with Gasteiger partial charge < -0.3 is 9.47 Å². The Hall–Kier alpha value is -1.32. The van der Waals surface area contributed by atoms with Crippen LogP contribution in [0.15, 0.2) is 12.2 Å². The highest BCUT2D eigenvalue weighted by atomic mass is 16.5. The second-order valence-electron chi connectivity index (χ2n) is 5.39. The van der Waals surface area contributed by atoms with E-state index in [4.69, 9.17) is 9.47 Å². The van der Waals surface area contributed by atoms with Crippen molar-refractivity contribution >= 4 is 11.9 Å². The summed E-state index contributed by atoms with van der Waals surface area (Å²) in [4.78, 5) is 23.0. The minimum absolute atomic E-state index is 0.188. The molecule has 0 aliphatic heterocycles. The Morgan fingerprint density at radius 2 is 1.68 bits per heavy atom. The molecule has 0 aliphatic carbocycles. The van der Waals surface area contributed by atoms with Crippen molar-refractivity contribution in [1.82, 2.24) is 0 Å². The summed E-state index contributed by atoms with van der Waals surface area (Å²) in [5, 5.41) is 0. The van der Waals surface area contributed by atoms with Gasteiger partial charge in [-0.25, -0.2) is 4.79 Å². The normalized spacial score (nSPS) is 10.9. The molecule has 0 fully saturated rings. The van der Waals surface area contributed by atoms with Crippen LogP contribution in [0.3, 0.4) is 0 Å². The number of carbonyl (C=O) groups excluding carboxylic acids is 2. The van der Waals surface area contributed by atoms with Crippen LogP contribution in [0.4, 0.5) is 0 Å². The molecule has 110 valence electrons. The first-order valence-corrected chi connectivity index (χ1v) is 6.81. The van der Waals surface area contributed by atoms with E-state index in [0.29, 0.717) is 31.6 Å². The average molecular weight is 270 g/mol. The highest BCUT2D eigenvalue weighted by molar-refractivity contribution is 5.86. The Morgan fingerprint density at radius 3 is 2.21 bits per heavy atom. The van der Waals surface area contributed by atoms with Gasteiger partial charge in [-0.1, -0.05) is 19.9 Å². The Morgan fingerprint density at radius 1 is 1.11 bits per heavy atom. The van der Waals surface area contributed by atoms with E-state index in [9.17, 15) is 9.59 Å². The van der Waals surface area contributed by atoms with Gasteiger partial charge in [0.15, 0.2) is 0 Å². The minimum Gasteiger partial charge on any atom is -0.465 e. The molecule has 4 heteroatoms. The molecule has 0 saturated heterocycles. The van der Waals surface area contributed by atoms with Crippen LogP contribution in [-0.4, -0.2) is 25.2 Å². The van der Waals surface area contributed by atoms with Crippen LogP contribution < -0.4 is 0 Å². The first kappa shape index (κ1) is 17.7. The number of ether oxygens (including phenoxy) is 2. The predicted molar refractivity (Wildman–Crippen MR) is 74.7 cm³/mol. The summed E-state index contributed by atoms with van der Waals surface area (Å²) in [5.74, 6) is -0.574. The van der Waals surface area contributed by atoms with Gasteiger partial charge in [-0.2, -0.15) is 0 Å². The fraction of sp³-hybridized carbons (Fsp3) is 0.733. The molecule has 0 radical (unpaired) electrons. The van der Waals surface area contributed by atoms with Gasteiger partial charge >= 0.3 is 11.9 Å². The second-order valence-corrected chi connectivity index (χ2v) is 5.39. The molecule has 0 bridgehead atoms. The zero-order valence-corrected chi connectivity index (χ0v) is 12.6. The van der Waals surface area contributed by atoms with E-state index in [0.717, 1.165) is 12.8 Å². The number of hydrogen-bond acceptors (Lipinski definition) is 4. The molecule has 0 spiro atoms. The van der Waals surface area contributed by atoms with Crippen LogP contribution in [0.2, 0.25) is 0 Å². The van der Waals surface area contributed by atoms with E-state index in [1.807, 2.05) is 13.8 Å². The van der Waals surface area contributed by atoms with E-state index < -0.39 is 5.41 Å². The largest absolute Gasteiger partial charge is 0.465 e. The van der Waals surface area contributed by atoms with Crippen LogP contribution in [0.1, 0.15) is 53.4 Å². The molecular formula is C15H26O4. The van der Waals surface area contributed by atoms with E-state index in [-0.39, 0.29) is 11.9 Å². The van der Waals surface area contributed by atoms with Crippen molar-refractivity contribution in [3.63, 3.8) is 0 Å². The molecule has 0 unspecified atom stereocenters. The van der Waals surface area contributed by atoms with Crippen molar-refractivity contribution in [2.24, 2.45) is 5.41 Å². The first-order chi connectivity index (χ1) is 8.81. The molecule has 0 heterocycles. The molecule has 0 saturated carbocycles. The van der Waals surface area contributed by atoms with Gasteiger partial charge in [0.05, 0.1) is 18.6 Å². The maximum Gasteiger partial charge on any atom is 0.333 e. The van der Waals surface area contributed by atoms with Gasteiger partial charge in [-0.3, -0.25) is 4.79 Å². The van der Waals surface area contributed by atoms with E-state index in [1.54, 1.807) is 6.92 Å². The highest BCUT2D eigenvalue weighted by Gasteiger charge is 2.28. The summed E-state index contributed by atoms with van der Waals surface area (Å²) < 4.78 is 10.2. The van der Waals surface area contributed by atoms with Crippen molar-refractivity contribution in [1.29, 1.82) is 0 Å². The topological polar surface area (TPSA) is 52.6 Å². The van der Waals surface area contributed by atoms with Crippen molar-refractivity contribution in [2.45, 2.75) is 53.4 Å². The molecule has 0 N–H and O–H groups in total. The zero-order chi connectivity index (χ0) is 14.9. The summed E-state index contributed by atoms with van der Waals surface area (Å²) in [6.07, 6.45) is 3.15. The van der Waals surface area contributed by atoms with Gasteiger partial charge in [-0.05, 0) is 40.0 Å². The fourth-order valence-corrected chi connectivity index (χ4v) is 1.41. The number of carbonyl (C=O) groups is 2. The molecule has 0 aliphatic rings. The van der Waals surface area contributed by atoms with E-state index in [2.05, 4.69) is 13.5 Å². The standard InChI is InChI=1S/C15H26O4/c1-6-7-10-19-14(17)15(4,5)9-8-11-18-13(16)12(2)3/h2,6-11H2,1,3-5H3. The molecule has 0 atom stereocenters. The lowest BCUT2D eigenvalue weighted by atomic mass is 9.88. The molecule has 0 aromatic carbocycles. The van der Waals surface area contributed by atoms with Crippen molar-refractivity contribution < 1.29 is 19.1 Å². The van der Waals surface area contributed by atoms with E-state index in [1.165, 1.54) is 0 Å². The molecule has 0 aromatic rings. The number of rotatable bonds is 9. The van der Waals surface area contributed by atoms with Crippen LogP contribution in [0.25, 0.3) is 0 Å². The number of hydrogen-bond donors (Lipinski definition) is 0. The van der Waals surface area contributed by atoms with Gasteiger partial charge in [0.25, 0.3) is 0 Å². The fourth-order valence-electron chi connectivity index (χ4n) is 1.41. The Kier molecular flexibility index (Phi) is 8.12. The summed E-state index contributed by atoms with van der Waals surface area (Å²) in [6, 6.07) is 0. The molecule has 4 nitrogen and oxygen atoms in total. The Bertz CT molecular complexity index is 318. The van der Waals surface area contributed by atoms with Gasteiger partial charge in [-0.15, -0.1) is 0 Å². The Labute approximate surface area is 116 Å². The smallest absolute Gasteiger partial charge is 0.333 e. The average Bonchev–Trinajstić information content (AvgIpc) is 2.34. The Balaban J connectivity index is 3.92. The number of esters is 2. The summed E-state index contributed by atoms with van der Waals surface area (Å²) in [5.41, 5.74) is -0.151. The predicted octanol–water partition coefficient (Wildman–Crippen LogP) is 3.26. The summed E-state index contributed by atoms with van der Waals surface area (Å²) in [6.45, 7) is 11.6. The van der Waals surface area contributed by atoms with Crippen LogP contribution in [-0.2, 0) is 19.1 Å². The van der Waals surface area contributed by atoms with Crippen LogP contribution >= 0.6 is 0 Å². The van der Waals surface area contributed by atoms with Crippen molar-refractivity contribution in [3.05, 3.63) is 12.2 Å². The van der Waals surface area contributed by atoms with E-state index >= 15 is 0 Å². The molecule has 0 rings (SSSR count). The van der Waals surface area contributed by atoms with Gasteiger partial charge in [0.2, 0.25) is 0 Å². The number of unbranched alkanes of at least 4 members (excludes halogenated alkanes) is 1. The lowest BCUT2D eigenvalue weighted by Gasteiger charge is -2.22. The second kappa shape index (κ2) is 8.73.